The lowest BCUT2D eigenvalue weighted by Gasteiger charge is -2.40. The predicted molar refractivity (Wildman–Crippen MR) is 40.1 cm³/mol. The Hall–Kier alpha value is -0.120. The summed E-state index contributed by atoms with van der Waals surface area (Å²) in [5.41, 5.74) is -0.0434. The van der Waals surface area contributed by atoms with Crippen LogP contribution in [-0.2, 0) is 0 Å². The van der Waals surface area contributed by atoms with Crippen molar-refractivity contribution in [2.24, 2.45) is 0 Å². The molecule has 2 N–H and O–H groups in total. The molecule has 1 fully saturated rings. The number of nitrogens with one attached hydrogen (secondary N) is 1. The van der Waals surface area contributed by atoms with Gasteiger partial charge in [0, 0.05) is 19.6 Å². The molecule has 1 aliphatic heterocycles. The summed E-state index contributed by atoms with van der Waals surface area (Å²) in [6.07, 6.45) is 0.983. The normalized spacial score (nSPS) is 36.3. The first-order chi connectivity index (χ1) is 4.69. The van der Waals surface area contributed by atoms with E-state index in [-0.39, 0.29) is 5.54 Å². The molecule has 10 heavy (non-hydrogen) atoms. The molecule has 1 unspecified atom stereocenters. The first-order valence-corrected chi connectivity index (χ1v) is 3.86. The standard InChI is InChI=1S/C7H16N2O/c1-3-7(2)6-8-4-5-9(7)10/h8,10H,3-6H2,1-2H3. The van der Waals surface area contributed by atoms with Crippen LogP contribution in [0.1, 0.15) is 20.3 Å². The highest BCUT2D eigenvalue weighted by molar-refractivity contribution is 4.86. The summed E-state index contributed by atoms with van der Waals surface area (Å²) in [4.78, 5) is 0. The second-order valence-corrected chi connectivity index (χ2v) is 3.15. The maximum absolute atomic E-state index is 9.42. The van der Waals surface area contributed by atoms with Gasteiger partial charge in [0.05, 0.1) is 5.54 Å². The van der Waals surface area contributed by atoms with Crippen molar-refractivity contribution >= 4 is 0 Å². The van der Waals surface area contributed by atoms with Crippen molar-refractivity contribution in [1.29, 1.82) is 0 Å². The van der Waals surface area contributed by atoms with Gasteiger partial charge in [-0.2, -0.15) is 5.06 Å². The molecule has 0 amide bonds. The lowest BCUT2D eigenvalue weighted by atomic mass is 9.97. The third-order valence-electron chi connectivity index (χ3n) is 2.39. The Labute approximate surface area is 62.0 Å². The van der Waals surface area contributed by atoms with Crippen LogP contribution < -0.4 is 5.32 Å². The van der Waals surface area contributed by atoms with Gasteiger partial charge in [0.1, 0.15) is 0 Å². The van der Waals surface area contributed by atoms with Crippen LogP contribution >= 0.6 is 0 Å². The van der Waals surface area contributed by atoms with Crippen LogP contribution in [0.4, 0.5) is 0 Å². The van der Waals surface area contributed by atoms with E-state index in [1.807, 2.05) is 0 Å². The minimum absolute atomic E-state index is 0.0434. The maximum atomic E-state index is 9.42. The highest BCUT2D eigenvalue weighted by Crippen LogP contribution is 2.17. The lowest BCUT2D eigenvalue weighted by molar-refractivity contribution is -0.178. The largest absolute Gasteiger partial charge is 0.313 e. The summed E-state index contributed by atoms with van der Waals surface area (Å²) in [6.45, 7) is 6.69. The van der Waals surface area contributed by atoms with Crippen molar-refractivity contribution < 1.29 is 5.21 Å². The maximum Gasteiger partial charge on any atom is 0.0554 e. The number of hydroxylamine groups is 2. The molecule has 0 aromatic rings. The van der Waals surface area contributed by atoms with Crippen molar-refractivity contribution in [3.05, 3.63) is 0 Å². The Kier molecular flexibility index (Phi) is 2.28. The molecule has 1 aliphatic rings. The van der Waals surface area contributed by atoms with E-state index < -0.39 is 0 Å². The van der Waals surface area contributed by atoms with Crippen LogP contribution in [0, 0.1) is 0 Å². The molecule has 0 aromatic heterocycles. The third-order valence-corrected chi connectivity index (χ3v) is 2.39. The Balaban J connectivity index is 2.54. The fraction of sp³-hybridized carbons (Fsp3) is 1.00. The summed E-state index contributed by atoms with van der Waals surface area (Å²) in [7, 11) is 0. The van der Waals surface area contributed by atoms with E-state index in [0.29, 0.717) is 0 Å². The quantitative estimate of drug-likeness (QED) is 0.561. The topological polar surface area (TPSA) is 35.5 Å². The van der Waals surface area contributed by atoms with E-state index >= 15 is 0 Å². The van der Waals surface area contributed by atoms with Gasteiger partial charge < -0.3 is 10.5 Å². The molecule has 1 saturated heterocycles. The first-order valence-electron chi connectivity index (χ1n) is 3.86. The van der Waals surface area contributed by atoms with Crippen molar-refractivity contribution in [3.8, 4) is 0 Å². The number of hydrogen-bond acceptors (Lipinski definition) is 3. The molecule has 60 valence electrons. The van der Waals surface area contributed by atoms with Gasteiger partial charge in [0.15, 0.2) is 0 Å². The highest BCUT2D eigenvalue weighted by atomic mass is 16.5. The van der Waals surface area contributed by atoms with Crippen molar-refractivity contribution in [2.75, 3.05) is 19.6 Å². The van der Waals surface area contributed by atoms with Crippen molar-refractivity contribution in [3.63, 3.8) is 0 Å². The van der Waals surface area contributed by atoms with E-state index in [9.17, 15) is 5.21 Å². The minimum Gasteiger partial charge on any atom is -0.313 e. The fourth-order valence-corrected chi connectivity index (χ4v) is 1.21. The number of rotatable bonds is 1. The lowest BCUT2D eigenvalue weighted by Crippen LogP contribution is -2.57. The SMILES string of the molecule is CCC1(C)CNCCN1O. The molecule has 3 nitrogen and oxygen atoms in total. The van der Waals surface area contributed by atoms with Crippen LogP contribution in [0.5, 0.6) is 0 Å². The summed E-state index contributed by atoms with van der Waals surface area (Å²) in [5, 5.41) is 14.1. The average Bonchev–Trinajstić information content (AvgIpc) is 1.96. The van der Waals surface area contributed by atoms with E-state index in [2.05, 4.69) is 19.2 Å². The van der Waals surface area contributed by atoms with E-state index in [4.69, 9.17) is 0 Å². The predicted octanol–water partition coefficient (Wildman–Crippen LogP) is 0.450. The molecule has 0 spiro atoms. The summed E-state index contributed by atoms with van der Waals surface area (Å²) in [5.74, 6) is 0. The van der Waals surface area contributed by atoms with Gasteiger partial charge in [0.25, 0.3) is 0 Å². The molecule has 0 radical (unpaired) electrons. The molecular weight excluding hydrogens is 128 g/mol. The zero-order valence-electron chi connectivity index (χ0n) is 6.72. The van der Waals surface area contributed by atoms with Gasteiger partial charge in [-0.1, -0.05) is 6.92 Å². The van der Waals surface area contributed by atoms with Crippen LogP contribution in [0.2, 0.25) is 0 Å². The molecule has 3 heteroatoms. The Morgan fingerprint density at radius 3 is 2.80 bits per heavy atom. The second-order valence-electron chi connectivity index (χ2n) is 3.15. The molecule has 0 saturated carbocycles. The van der Waals surface area contributed by atoms with Gasteiger partial charge >= 0.3 is 0 Å². The Bertz CT molecular complexity index is 118. The fourth-order valence-electron chi connectivity index (χ4n) is 1.21. The molecule has 0 aromatic carbocycles. The van der Waals surface area contributed by atoms with Gasteiger partial charge in [-0.25, -0.2) is 0 Å². The number of piperazine rings is 1. The zero-order chi connectivity index (χ0) is 7.61. The van der Waals surface area contributed by atoms with Gasteiger partial charge in [-0.05, 0) is 13.3 Å². The third kappa shape index (κ3) is 1.31. The monoisotopic (exact) mass is 144 g/mol. The van der Waals surface area contributed by atoms with Crippen LogP contribution in [0.15, 0.2) is 0 Å². The summed E-state index contributed by atoms with van der Waals surface area (Å²) < 4.78 is 0. The Morgan fingerprint density at radius 2 is 2.40 bits per heavy atom. The van der Waals surface area contributed by atoms with E-state index in [0.717, 1.165) is 26.1 Å². The van der Waals surface area contributed by atoms with Crippen molar-refractivity contribution in [1.82, 2.24) is 10.4 Å². The van der Waals surface area contributed by atoms with Gasteiger partial charge in [-0.15, -0.1) is 0 Å². The number of nitrogens with zero attached hydrogens (tertiary/aromatic N) is 1. The smallest absolute Gasteiger partial charge is 0.0554 e. The molecular formula is C7H16N2O. The molecule has 1 heterocycles. The van der Waals surface area contributed by atoms with Crippen molar-refractivity contribution in [2.45, 2.75) is 25.8 Å². The van der Waals surface area contributed by atoms with E-state index in [1.165, 1.54) is 5.06 Å². The number of hydrogen-bond donors (Lipinski definition) is 2. The highest BCUT2D eigenvalue weighted by Gasteiger charge is 2.31. The first kappa shape index (κ1) is 7.98. The van der Waals surface area contributed by atoms with Crippen LogP contribution in [0.25, 0.3) is 0 Å². The summed E-state index contributed by atoms with van der Waals surface area (Å²) >= 11 is 0. The minimum atomic E-state index is -0.0434. The molecule has 0 aliphatic carbocycles. The van der Waals surface area contributed by atoms with Crippen LogP contribution in [0.3, 0.4) is 0 Å². The van der Waals surface area contributed by atoms with Gasteiger partial charge in [0.2, 0.25) is 0 Å². The average molecular weight is 144 g/mol. The second kappa shape index (κ2) is 2.86. The molecule has 1 atom stereocenters. The van der Waals surface area contributed by atoms with E-state index in [1.54, 1.807) is 0 Å². The molecule has 1 rings (SSSR count). The van der Waals surface area contributed by atoms with Gasteiger partial charge in [-0.3, -0.25) is 0 Å². The Morgan fingerprint density at radius 1 is 1.70 bits per heavy atom. The summed E-state index contributed by atoms with van der Waals surface area (Å²) in [6, 6.07) is 0. The van der Waals surface area contributed by atoms with Crippen LogP contribution in [-0.4, -0.2) is 35.4 Å². The zero-order valence-corrected chi connectivity index (χ0v) is 6.72. The molecule has 0 bridgehead atoms.